The number of nitrogens with zero attached hydrogens (tertiary/aromatic N) is 1. The van der Waals surface area contributed by atoms with Crippen molar-refractivity contribution in [2.24, 2.45) is 0 Å². The summed E-state index contributed by atoms with van der Waals surface area (Å²) in [4.78, 5) is 0. The fraction of sp³-hybridized carbons (Fsp3) is 0. The predicted octanol–water partition coefficient (Wildman–Crippen LogP) is 3.08. The molecule has 2 heterocycles. The first-order valence-corrected chi connectivity index (χ1v) is 7.94. The first-order valence-electron chi connectivity index (χ1n) is 5.26. The summed E-state index contributed by atoms with van der Waals surface area (Å²) in [6.45, 7) is 0. The van der Waals surface area contributed by atoms with Crippen LogP contribution in [0.15, 0.2) is 40.7 Å². The van der Waals surface area contributed by atoms with E-state index >= 15 is 0 Å². The van der Waals surface area contributed by atoms with E-state index in [2.05, 4.69) is 14.9 Å². The van der Waals surface area contributed by atoms with Crippen LogP contribution in [-0.4, -0.2) is 18.6 Å². The van der Waals surface area contributed by atoms with Crippen LogP contribution in [0.25, 0.3) is 10.9 Å². The number of fused-ring (bicyclic) bond motifs is 1. The van der Waals surface area contributed by atoms with Crippen molar-refractivity contribution >= 4 is 49.6 Å². The average Bonchev–Trinajstić information content (AvgIpc) is 2.97. The molecule has 5 nitrogen and oxygen atoms in total. The van der Waals surface area contributed by atoms with E-state index < -0.39 is 10.0 Å². The molecule has 0 unspecified atom stereocenters. The summed E-state index contributed by atoms with van der Waals surface area (Å²) in [5.41, 5.74) is 1.10. The van der Waals surface area contributed by atoms with Crippen molar-refractivity contribution in [3.8, 4) is 0 Å². The molecular weight excluding hydrogens is 306 g/mol. The zero-order chi connectivity index (χ0) is 13.5. The summed E-state index contributed by atoms with van der Waals surface area (Å²) >= 11 is 6.77. The van der Waals surface area contributed by atoms with Crippen molar-refractivity contribution in [2.45, 2.75) is 4.21 Å². The SMILES string of the molecule is O=S(=O)(Nc1cccc2cn[nH]c12)c1ccc(Cl)s1. The number of aromatic nitrogens is 2. The van der Waals surface area contributed by atoms with Crippen molar-refractivity contribution in [1.29, 1.82) is 0 Å². The molecule has 0 saturated heterocycles. The standard InChI is InChI=1S/C11H8ClN3O2S2/c12-9-4-5-10(18-9)19(16,17)15-8-3-1-2-7-6-13-14-11(7)8/h1-6,15H,(H,13,14). The molecule has 0 amide bonds. The Kier molecular flexibility index (Phi) is 2.96. The summed E-state index contributed by atoms with van der Waals surface area (Å²) in [6.07, 6.45) is 1.63. The molecule has 0 atom stereocenters. The van der Waals surface area contributed by atoms with Crippen LogP contribution < -0.4 is 4.72 Å². The maximum absolute atomic E-state index is 12.2. The normalized spacial score (nSPS) is 11.8. The minimum atomic E-state index is -3.63. The number of H-pyrrole nitrogens is 1. The molecule has 98 valence electrons. The van der Waals surface area contributed by atoms with Gasteiger partial charge in [0.1, 0.15) is 4.21 Å². The van der Waals surface area contributed by atoms with Gasteiger partial charge in [-0.2, -0.15) is 5.10 Å². The summed E-state index contributed by atoms with van der Waals surface area (Å²) in [6, 6.07) is 8.31. The Morgan fingerprint density at radius 1 is 1.26 bits per heavy atom. The smallest absolute Gasteiger partial charge is 0.271 e. The Morgan fingerprint density at radius 2 is 2.11 bits per heavy atom. The van der Waals surface area contributed by atoms with Crippen LogP contribution in [0.2, 0.25) is 4.34 Å². The number of rotatable bonds is 3. The van der Waals surface area contributed by atoms with Crippen molar-refractivity contribution in [2.75, 3.05) is 4.72 Å². The van der Waals surface area contributed by atoms with E-state index in [4.69, 9.17) is 11.6 Å². The van der Waals surface area contributed by atoms with Gasteiger partial charge in [0.05, 0.1) is 21.7 Å². The Balaban J connectivity index is 2.03. The fourth-order valence-electron chi connectivity index (χ4n) is 1.69. The van der Waals surface area contributed by atoms with Crippen LogP contribution in [0.1, 0.15) is 0 Å². The number of halogens is 1. The lowest BCUT2D eigenvalue weighted by Gasteiger charge is -2.06. The zero-order valence-electron chi connectivity index (χ0n) is 9.42. The second kappa shape index (κ2) is 4.52. The van der Waals surface area contributed by atoms with Crippen LogP contribution in [0, 0.1) is 0 Å². The van der Waals surface area contributed by atoms with Gasteiger partial charge in [0.15, 0.2) is 0 Å². The summed E-state index contributed by atoms with van der Waals surface area (Å²) in [5, 5.41) is 7.50. The maximum Gasteiger partial charge on any atom is 0.271 e. The molecule has 0 fully saturated rings. The van der Waals surface area contributed by atoms with Gasteiger partial charge < -0.3 is 0 Å². The topological polar surface area (TPSA) is 74.8 Å². The number of nitrogens with one attached hydrogen (secondary N) is 2. The highest BCUT2D eigenvalue weighted by molar-refractivity contribution is 7.94. The van der Waals surface area contributed by atoms with Crippen molar-refractivity contribution in [1.82, 2.24) is 10.2 Å². The van der Waals surface area contributed by atoms with E-state index in [9.17, 15) is 8.42 Å². The van der Waals surface area contributed by atoms with Crippen LogP contribution >= 0.6 is 22.9 Å². The molecule has 0 radical (unpaired) electrons. The van der Waals surface area contributed by atoms with Crippen molar-refractivity contribution in [3.63, 3.8) is 0 Å². The van der Waals surface area contributed by atoms with Gasteiger partial charge in [-0.15, -0.1) is 11.3 Å². The molecule has 0 aliphatic rings. The lowest BCUT2D eigenvalue weighted by atomic mass is 10.2. The third kappa shape index (κ3) is 2.32. The molecule has 2 N–H and O–H groups in total. The Morgan fingerprint density at radius 3 is 2.84 bits per heavy atom. The van der Waals surface area contributed by atoms with Crippen molar-refractivity contribution < 1.29 is 8.42 Å². The zero-order valence-corrected chi connectivity index (χ0v) is 11.8. The highest BCUT2D eigenvalue weighted by atomic mass is 35.5. The lowest BCUT2D eigenvalue weighted by Crippen LogP contribution is -2.11. The average molecular weight is 314 g/mol. The van der Waals surface area contributed by atoms with Crippen molar-refractivity contribution in [3.05, 3.63) is 40.9 Å². The molecule has 0 spiro atoms. The summed E-state index contributed by atoms with van der Waals surface area (Å²) < 4.78 is 27.5. The second-order valence-corrected chi connectivity index (χ2v) is 7.43. The highest BCUT2D eigenvalue weighted by Crippen LogP contribution is 2.29. The molecule has 3 aromatic rings. The van der Waals surface area contributed by atoms with E-state index in [1.165, 1.54) is 6.07 Å². The van der Waals surface area contributed by atoms with E-state index in [0.29, 0.717) is 15.5 Å². The number of aromatic amines is 1. The minimum Gasteiger partial charge on any atom is -0.277 e. The van der Waals surface area contributed by atoms with Gasteiger partial charge in [0.2, 0.25) is 0 Å². The third-order valence-corrected chi connectivity index (χ3v) is 5.62. The number of anilines is 1. The maximum atomic E-state index is 12.2. The second-order valence-electron chi connectivity index (χ2n) is 3.80. The van der Waals surface area contributed by atoms with Gasteiger partial charge in [-0.25, -0.2) is 8.42 Å². The van der Waals surface area contributed by atoms with Crippen LogP contribution in [-0.2, 0) is 10.0 Å². The number of thiophene rings is 1. The van der Waals surface area contributed by atoms with Crippen LogP contribution in [0.3, 0.4) is 0 Å². The Hall–Kier alpha value is -1.57. The number of hydrogen-bond acceptors (Lipinski definition) is 4. The number of para-hydroxylation sites is 1. The van der Waals surface area contributed by atoms with E-state index in [1.54, 1.807) is 24.4 Å². The predicted molar refractivity (Wildman–Crippen MR) is 76.2 cm³/mol. The molecule has 0 aliphatic heterocycles. The molecule has 0 aliphatic carbocycles. The highest BCUT2D eigenvalue weighted by Gasteiger charge is 2.18. The summed E-state index contributed by atoms with van der Waals surface area (Å²) in [5.74, 6) is 0. The summed E-state index contributed by atoms with van der Waals surface area (Å²) in [7, 11) is -3.63. The van der Waals surface area contributed by atoms with Gasteiger partial charge in [0, 0.05) is 5.39 Å². The molecular formula is C11H8ClN3O2S2. The largest absolute Gasteiger partial charge is 0.277 e. The van der Waals surface area contributed by atoms with Gasteiger partial charge in [-0.3, -0.25) is 9.82 Å². The molecule has 8 heteroatoms. The molecule has 1 aromatic carbocycles. The van der Waals surface area contributed by atoms with Crippen LogP contribution in [0.5, 0.6) is 0 Å². The van der Waals surface area contributed by atoms with Gasteiger partial charge in [-0.05, 0) is 18.2 Å². The van der Waals surface area contributed by atoms with Crippen LogP contribution in [0.4, 0.5) is 5.69 Å². The van der Waals surface area contributed by atoms with E-state index in [0.717, 1.165) is 16.7 Å². The quantitative estimate of drug-likeness (QED) is 0.780. The molecule has 3 rings (SSSR count). The van der Waals surface area contributed by atoms with E-state index in [-0.39, 0.29) is 4.21 Å². The molecule has 0 bridgehead atoms. The number of sulfonamides is 1. The molecule has 0 saturated carbocycles. The molecule has 19 heavy (non-hydrogen) atoms. The Bertz CT molecular complexity index is 838. The fourth-order valence-corrected chi connectivity index (χ4v) is 4.25. The monoisotopic (exact) mass is 313 g/mol. The van der Waals surface area contributed by atoms with Gasteiger partial charge in [-0.1, -0.05) is 23.7 Å². The number of benzene rings is 1. The Labute approximate surface area is 118 Å². The first kappa shape index (κ1) is 12.5. The van der Waals surface area contributed by atoms with Gasteiger partial charge >= 0.3 is 0 Å². The third-order valence-electron chi connectivity index (χ3n) is 2.53. The number of hydrogen-bond donors (Lipinski definition) is 2. The van der Waals surface area contributed by atoms with E-state index in [1.807, 2.05) is 6.07 Å². The first-order chi connectivity index (χ1) is 9.06. The van der Waals surface area contributed by atoms with Gasteiger partial charge in [0.25, 0.3) is 10.0 Å². The lowest BCUT2D eigenvalue weighted by molar-refractivity contribution is 0.603. The molecule has 2 aromatic heterocycles. The minimum absolute atomic E-state index is 0.175.